The maximum Gasteiger partial charge on any atom is 0.0858 e. The summed E-state index contributed by atoms with van der Waals surface area (Å²) in [6, 6.07) is 8.74. The molecule has 1 aromatic heterocycles. The minimum absolute atomic E-state index is 0.411. The van der Waals surface area contributed by atoms with Crippen LogP contribution in [-0.4, -0.2) is 33.7 Å². The monoisotopic (exact) mass is 286 g/mol. The number of hydrogen-bond acceptors (Lipinski definition) is 4. The number of hydrogen-bond donors (Lipinski definition) is 1. The predicted octanol–water partition coefficient (Wildman–Crippen LogP) is 3.03. The zero-order chi connectivity index (χ0) is 14.5. The molecule has 1 saturated heterocycles. The van der Waals surface area contributed by atoms with Gasteiger partial charge >= 0.3 is 0 Å². The van der Waals surface area contributed by atoms with Crippen LogP contribution in [0, 0.1) is 0 Å². The van der Waals surface area contributed by atoms with E-state index in [0.717, 1.165) is 37.2 Å². The van der Waals surface area contributed by atoms with Crippen molar-refractivity contribution < 1.29 is 4.74 Å². The fourth-order valence-corrected chi connectivity index (χ4v) is 2.81. The molecule has 0 aliphatic carbocycles. The van der Waals surface area contributed by atoms with Crippen LogP contribution in [0.1, 0.15) is 32.6 Å². The summed E-state index contributed by atoms with van der Waals surface area (Å²) >= 11 is 0. The summed E-state index contributed by atoms with van der Waals surface area (Å²) in [5.41, 5.74) is 2.12. The number of aromatic nitrogens is 3. The zero-order valence-electron chi connectivity index (χ0n) is 12.4. The highest BCUT2D eigenvalue weighted by Gasteiger charge is 2.21. The van der Waals surface area contributed by atoms with Crippen LogP contribution >= 0.6 is 0 Å². The van der Waals surface area contributed by atoms with Gasteiger partial charge in [0.25, 0.3) is 0 Å². The fourth-order valence-electron chi connectivity index (χ4n) is 2.81. The smallest absolute Gasteiger partial charge is 0.0858 e. The van der Waals surface area contributed by atoms with E-state index in [9.17, 15) is 0 Å². The molecule has 2 unspecified atom stereocenters. The first-order chi connectivity index (χ1) is 10.3. The van der Waals surface area contributed by atoms with Crippen LogP contribution in [-0.2, 0) is 4.74 Å². The Morgan fingerprint density at radius 2 is 2.00 bits per heavy atom. The average Bonchev–Trinajstić information content (AvgIpc) is 3.03. The van der Waals surface area contributed by atoms with Crippen molar-refractivity contribution in [2.24, 2.45) is 0 Å². The van der Waals surface area contributed by atoms with Gasteiger partial charge in [0.15, 0.2) is 0 Å². The van der Waals surface area contributed by atoms with E-state index in [1.54, 1.807) is 17.2 Å². The Balaban J connectivity index is 1.60. The molecule has 1 aromatic carbocycles. The molecule has 2 atom stereocenters. The van der Waals surface area contributed by atoms with E-state index >= 15 is 0 Å². The third-order valence-corrected chi connectivity index (χ3v) is 3.87. The first-order valence-electron chi connectivity index (χ1n) is 7.70. The molecule has 2 heterocycles. The number of rotatable bonds is 5. The quantitative estimate of drug-likeness (QED) is 0.918. The molecule has 5 nitrogen and oxygen atoms in total. The Labute approximate surface area is 125 Å². The van der Waals surface area contributed by atoms with Crippen molar-refractivity contribution in [3.63, 3.8) is 0 Å². The van der Waals surface area contributed by atoms with Gasteiger partial charge in [-0.1, -0.05) is 13.3 Å². The first-order valence-corrected chi connectivity index (χ1v) is 7.70. The molecule has 0 saturated carbocycles. The van der Waals surface area contributed by atoms with E-state index in [0.29, 0.717) is 12.1 Å². The van der Waals surface area contributed by atoms with Gasteiger partial charge in [0, 0.05) is 18.3 Å². The van der Waals surface area contributed by atoms with E-state index in [1.807, 2.05) is 12.1 Å². The van der Waals surface area contributed by atoms with Crippen LogP contribution in [0.5, 0.6) is 0 Å². The number of anilines is 1. The van der Waals surface area contributed by atoms with Gasteiger partial charge < -0.3 is 10.1 Å². The molecule has 0 radical (unpaired) electrons. The Hall–Kier alpha value is -1.88. The third kappa shape index (κ3) is 3.61. The number of nitrogens with zero attached hydrogens (tertiary/aromatic N) is 3. The molecule has 1 N–H and O–H groups in total. The van der Waals surface area contributed by atoms with E-state index < -0.39 is 0 Å². The summed E-state index contributed by atoms with van der Waals surface area (Å²) in [6.07, 6.45) is 8.28. The molecule has 1 aliphatic heterocycles. The molecule has 5 heteroatoms. The van der Waals surface area contributed by atoms with Gasteiger partial charge in [0.1, 0.15) is 0 Å². The largest absolute Gasteiger partial charge is 0.382 e. The minimum Gasteiger partial charge on any atom is -0.382 e. The van der Waals surface area contributed by atoms with Gasteiger partial charge in [0.2, 0.25) is 0 Å². The molecule has 0 bridgehead atoms. The maximum atomic E-state index is 5.79. The number of ether oxygens (including phenoxy) is 1. The Morgan fingerprint density at radius 1 is 1.24 bits per heavy atom. The van der Waals surface area contributed by atoms with Crippen LogP contribution < -0.4 is 5.32 Å². The van der Waals surface area contributed by atoms with Gasteiger partial charge in [-0.25, -0.2) is 0 Å². The van der Waals surface area contributed by atoms with E-state index in [2.05, 4.69) is 34.6 Å². The molecular weight excluding hydrogens is 264 g/mol. The standard InChI is InChI=1S/C16H22N4O/c1-2-3-16-12-14(8-11-21-16)19-13-4-6-15(7-5-13)20-17-9-10-18-20/h4-7,9-10,14,16,19H,2-3,8,11-12H2,1H3. The van der Waals surface area contributed by atoms with Gasteiger partial charge in [-0.2, -0.15) is 15.0 Å². The van der Waals surface area contributed by atoms with Crippen molar-refractivity contribution in [1.82, 2.24) is 15.0 Å². The Bertz CT molecular complexity index is 536. The van der Waals surface area contributed by atoms with Crippen LogP contribution in [0.3, 0.4) is 0 Å². The predicted molar refractivity (Wildman–Crippen MR) is 82.7 cm³/mol. The lowest BCUT2D eigenvalue weighted by atomic mass is 10.00. The SMILES string of the molecule is CCCC1CC(Nc2ccc(-n3nccn3)cc2)CCO1. The lowest BCUT2D eigenvalue weighted by Crippen LogP contribution is -2.33. The van der Waals surface area contributed by atoms with Gasteiger partial charge in [-0.3, -0.25) is 0 Å². The molecule has 21 heavy (non-hydrogen) atoms. The highest BCUT2D eigenvalue weighted by molar-refractivity contribution is 5.48. The molecule has 1 fully saturated rings. The van der Waals surface area contributed by atoms with Crippen molar-refractivity contribution >= 4 is 5.69 Å². The number of benzene rings is 1. The van der Waals surface area contributed by atoms with E-state index in [-0.39, 0.29) is 0 Å². The summed E-state index contributed by atoms with van der Waals surface area (Å²) in [6.45, 7) is 3.07. The average molecular weight is 286 g/mol. The molecule has 0 spiro atoms. The van der Waals surface area contributed by atoms with E-state index in [4.69, 9.17) is 4.74 Å². The summed E-state index contributed by atoms with van der Waals surface area (Å²) in [7, 11) is 0. The zero-order valence-corrected chi connectivity index (χ0v) is 12.4. The normalized spacial score (nSPS) is 22.1. The summed E-state index contributed by atoms with van der Waals surface area (Å²) in [5.74, 6) is 0. The topological polar surface area (TPSA) is 52.0 Å². The van der Waals surface area contributed by atoms with Crippen LogP contribution in [0.15, 0.2) is 36.7 Å². The molecule has 112 valence electrons. The van der Waals surface area contributed by atoms with Gasteiger partial charge in [-0.05, 0) is 43.5 Å². The molecule has 1 aliphatic rings. The Kier molecular flexibility index (Phi) is 4.50. The fraction of sp³-hybridized carbons (Fsp3) is 0.500. The summed E-state index contributed by atoms with van der Waals surface area (Å²) < 4.78 is 5.79. The summed E-state index contributed by atoms with van der Waals surface area (Å²) in [5, 5.41) is 11.9. The highest BCUT2D eigenvalue weighted by Crippen LogP contribution is 2.22. The second-order valence-electron chi connectivity index (χ2n) is 5.51. The van der Waals surface area contributed by atoms with Crippen molar-refractivity contribution in [3.8, 4) is 5.69 Å². The van der Waals surface area contributed by atoms with Crippen molar-refractivity contribution in [2.75, 3.05) is 11.9 Å². The van der Waals surface area contributed by atoms with Crippen LogP contribution in [0.4, 0.5) is 5.69 Å². The number of nitrogens with one attached hydrogen (secondary N) is 1. The van der Waals surface area contributed by atoms with Crippen molar-refractivity contribution in [2.45, 2.75) is 44.8 Å². The third-order valence-electron chi connectivity index (χ3n) is 3.87. The van der Waals surface area contributed by atoms with Gasteiger partial charge in [0.05, 0.1) is 24.2 Å². The second-order valence-corrected chi connectivity index (χ2v) is 5.51. The van der Waals surface area contributed by atoms with Gasteiger partial charge in [-0.15, -0.1) is 0 Å². The minimum atomic E-state index is 0.411. The van der Waals surface area contributed by atoms with Crippen LogP contribution in [0.2, 0.25) is 0 Å². The van der Waals surface area contributed by atoms with Crippen LogP contribution in [0.25, 0.3) is 5.69 Å². The molecule has 2 aromatic rings. The highest BCUT2D eigenvalue weighted by atomic mass is 16.5. The maximum absolute atomic E-state index is 5.79. The van der Waals surface area contributed by atoms with Crippen molar-refractivity contribution in [1.29, 1.82) is 0 Å². The Morgan fingerprint density at radius 3 is 2.71 bits per heavy atom. The molecular formula is C16H22N4O. The summed E-state index contributed by atoms with van der Waals surface area (Å²) in [4.78, 5) is 1.62. The lowest BCUT2D eigenvalue weighted by Gasteiger charge is -2.30. The molecule has 0 amide bonds. The second kappa shape index (κ2) is 6.72. The first kappa shape index (κ1) is 14.1. The van der Waals surface area contributed by atoms with E-state index in [1.165, 1.54) is 6.42 Å². The molecule has 3 rings (SSSR count). The van der Waals surface area contributed by atoms with Crippen molar-refractivity contribution in [3.05, 3.63) is 36.7 Å². The lowest BCUT2D eigenvalue weighted by molar-refractivity contribution is 0.00598.